The fraction of sp³-hybridized carbons (Fsp3) is 0.0377. The molecule has 9 aromatic rings. The van der Waals surface area contributed by atoms with Crippen molar-refractivity contribution in [3.8, 4) is 33.4 Å². The van der Waals surface area contributed by atoms with Gasteiger partial charge in [0.25, 0.3) is 0 Å². The summed E-state index contributed by atoms with van der Waals surface area (Å²) < 4.78 is 0. The summed E-state index contributed by atoms with van der Waals surface area (Å²) in [6.45, 7) is 9.69. The molecule has 1 heteroatoms. The number of hydrogen-bond donors (Lipinski definition) is 0. The number of benzene rings is 9. The first-order valence-electron chi connectivity index (χ1n) is 18.6. The standard InChI is InChI=1S/C53H33N/c1-33-15-17-34(18-16-33)38-23-21-36-19-20-37-22-24-39(35-25-27-40(54-2)28-26-35)30-51(37)53(50(36)29-38)49-14-8-7-13-45(49)48-31-46-43-11-5-3-9-41(43)42-10-4-6-12-44(42)47(46)32-52(48)53/h3-32H,1H3. The van der Waals surface area contributed by atoms with Crippen molar-refractivity contribution in [2.75, 3.05) is 0 Å². The third-order valence-electron chi connectivity index (χ3n) is 12.0. The highest BCUT2D eigenvalue weighted by Gasteiger charge is 2.49. The van der Waals surface area contributed by atoms with Crippen molar-refractivity contribution in [1.82, 2.24) is 0 Å². The van der Waals surface area contributed by atoms with Crippen LogP contribution in [0.3, 0.4) is 0 Å². The zero-order valence-corrected chi connectivity index (χ0v) is 29.8. The maximum Gasteiger partial charge on any atom is 0.187 e. The second-order valence-corrected chi connectivity index (χ2v) is 14.8. The Labute approximate surface area is 314 Å². The molecule has 0 radical (unpaired) electrons. The van der Waals surface area contributed by atoms with Gasteiger partial charge in [-0.1, -0.05) is 163 Å². The quantitative estimate of drug-likeness (QED) is 0.126. The maximum atomic E-state index is 7.54. The molecular weight excluding hydrogens is 651 g/mol. The van der Waals surface area contributed by atoms with E-state index in [4.69, 9.17) is 6.57 Å². The second kappa shape index (κ2) is 11.5. The molecule has 0 amide bonds. The van der Waals surface area contributed by atoms with Crippen LogP contribution in [-0.2, 0) is 5.41 Å². The lowest BCUT2D eigenvalue weighted by Gasteiger charge is -2.36. The summed E-state index contributed by atoms with van der Waals surface area (Å²) in [5.74, 6) is 0. The minimum atomic E-state index is -0.617. The molecule has 0 N–H and O–H groups in total. The molecule has 0 bridgehead atoms. The van der Waals surface area contributed by atoms with Crippen molar-refractivity contribution in [1.29, 1.82) is 0 Å². The van der Waals surface area contributed by atoms with E-state index in [0.717, 1.165) is 11.1 Å². The molecule has 1 nitrogen and oxygen atoms in total. The van der Waals surface area contributed by atoms with Gasteiger partial charge < -0.3 is 0 Å². The Morgan fingerprint density at radius 3 is 1.44 bits per heavy atom. The lowest BCUT2D eigenvalue weighted by molar-refractivity contribution is 0.768. The molecule has 0 saturated heterocycles. The highest BCUT2D eigenvalue weighted by molar-refractivity contribution is 6.26. The third kappa shape index (κ3) is 4.26. The first-order valence-corrected chi connectivity index (χ1v) is 18.6. The van der Waals surface area contributed by atoms with Crippen LogP contribution in [0.2, 0.25) is 0 Å². The van der Waals surface area contributed by atoms with Crippen LogP contribution in [0.5, 0.6) is 0 Å². The number of fused-ring (bicyclic) bond motifs is 15. The molecule has 0 heterocycles. The van der Waals surface area contributed by atoms with Crippen molar-refractivity contribution >= 4 is 50.2 Å². The van der Waals surface area contributed by atoms with E-state index in [2.05, 4.69) is 182 Å². The summed E-state index contributed by atoms with van der Waals surface area (Å²) in [7, 11) is 0. The van der Waals surface area contributed by atoms with Gasteiger partial charge >= 0.3 is 0 Å². The smallest absolute Gasteiger partial charge is 0.187 e. The minimum Gasteiger partial charge on any atom is -0.238 e. The lowest BCUT2D eigenvalue weighted by Crippen LogP contribution is -2.30. The van der Waals surface area contributed by atoms with Crippen LogP contribution in [0, 0.1) is 13.5 Å². The van der Waals surface area contributed by atoms with Crippen molar-refractivity contribution in [2.45, 2.75) is 12.3 Å². The van der Waals surface area contributed by atoms with Gasteiger partial charge in [0.15, 0.2) is 5.69 Å². The molecule has 0 aliphatic heterocycles. The van der Waals surface area contributed by atoms with E-state index in [1.165, 1.54) is 93.5 Å². The van der Waals surface area contributed by atoms with E-state index < -0.39 is 5.41 Å². The van der Waals surface area contributed by atoms with E-state index in [0.29, 0.717) is 5.69 Å². The molecule has 2 aliphatic rings. The second-order valence-electron chi connectivity index (χ2n) is 14.8. The summed E-state index contributed by atoms with van der Waals surface area (Å²) in [6.07, 6.45) is 4.63. The van der Waals surface area contributed by atoms with Crippen LogP contribution in [-0.4, -0.2) is 0 Å². The fourth-order valence-corrected chi connectivity index (χ4v) is 9.47. The van der Waals surface area contributed by atoms with Gasteiger partial charge in [-0.15, -0.1) is 0 Å². The van der Waals surface area contributed by atoms with E-state index in [1.54, 1.807) is 0 Å². The van der Waals surface area contributed by atoms with Crippen LogP contribution in [0.4, 0.5) is 5.69 Å². The average Bonchev–Trinajstić information content (AvgIpc) is 3.43. The molecule has 2 aliphatic carbocycles. The SMILES string of the molecule is [C-]#[N+]c1ccc(-c2ccc3c(c2)C2(c4cc(-c5ccc(C)cc5)ccc4C=C3)c3ccccc3-c3cc4c5ccccc5c5ccccc5c4cc32)cc1. The van der Waals surface area contributed by atoms with Gasteiger partial charge in [0, 0.05) is 0 Å². The first-order chi connectivity index (χ1) is 26.6. The highest BCUT2D eigenvalue weighted by atomic mass is 14.6. The van der Waals surface area contributed by atoms with Crippen LogP contribution in [0.25, 0.3) is 82.7 Å². The predicted octanol–water partition coefficient (Wildman–Crippen LogP) is 14.2. The lowest BCUT2D eigenvalue weighted by atomic mass is 9.65. The predicted molar refractivity (Wildman–Crippen MR) is 227 cm³/mol. The Hall–Kier alpha value is -7.01. The summed E-state index contributed by atoms with van der Waals surface area (Å²) >= 11 is 0. The summed E-state index contributed by atoms with van der Waals surface area (Å²) in [5, 5.41) is 7.67. The van der Waals surface area contributed by atoms with Gasteiger partial charge in [-0.3, -0.25) is 0 Å². The van der Waals surface area contributed by atoms with Gasteiger partial charge in [-0.25, -0.2) is 4.85 Å². The van der Waals surface area contributed by atoms with Gasteiger partial charge in [-0.2, -0.15) is 0 Å². The molecule has 9 aromatic carbocycles. The van der Waals surface area contributed by atoms with Crippen molar-refractivity contribution in [3.05, 3.63) is 220 Å². The van der Waals surface area contributed by atoms with E-state index in [-0.39, 0.29) is 0 Å². The van der Waals surface area contributed by atoms with Crippen molar-refractivity contribution in [3.63, 3.8) is 0 Å². The molecular formula is C53H33N. The molecule has 250 valence electrons. The van der Waals surface area contributed by atoms with Gasteiger partial charge in [0.2, 0.25) is 0 Å². The fourth-order valence-electron chi connectivity index (χ4n) is 9.47. The van der Waals surface area contributed by atoms with E-state index in [1.807, 2.05) is 12.1 Å². The Morgan fingerprint density at radius 1 is 0.389 bits per heavy atom. The van der Waals surface area contributed by atoms with Gasteiger partial charge in [0.1, 0.15) is 0 Å². The van der Waals surface area contributed by atoms with E-state index >= 15 is 0 Å². The largest absolute Gasteiger partial charge is 0.238 e. The summed E-state index contributed by atoms with van der Waals surface area (Å²) in [4.78, 5) is 3.67. The van der Waals surface area contributed by atoms with Crippen molar-refractivity contribution in [2.24, 2.45) is 0 Å². The molecule has 54 heavy (non-hydrogen) atoms. The topological polar surface area (TPSA) is 4.36 Å². The van der Waals surface area contributed by atoms with Crippen LogP contribution in [0.15, 0.2) is 170 Å². The summed E-state index contributed by atoms with van der Waals surface area (Å²) in [5.41, 5.74) is 16.1. The van der Waals surface area contributed by atoms with Crippen LogP contribution in [0.1, 0.15) is 38.9 Å². The normalized spacial score (nSPS) is 15.1. The van der Waals surface area contributed by atoms with Crippen LogP contribution < -0.4 is 0 Å². The van der Waals surface area contributed by atoms with Gasteiger partial charge in [-0.05, 0) is 130 Å². The Balaban J connectivity index is 1.31. The molecule has 0 fully saturated rings. The highest BCUT2D eigenvalue weighted by Crippen LogP contribution is 2.60. The Kier molecular flexibility index (Phi) is 6.51. The zero-order valence-electron chi connectivity index (χ0n) is 29.8. The van der Waals surface area contributed by atoms with Crippen LogP contribution >= 0.6 is 0 Å². The molecule has 1 unspecified atom stereocenters. The molecule has 11 rings (SSSR count). The van der Waals surface area contributed by atoms with Gasteiger partial charge in [0.05, 0.1) is 12.0 Å². The average molecular weight is 684 g/mol. The van der Waals surface area contributed by atoms with Crippen molar-refractivity contribution < 1.29 is 0 Å². The number of aryl methyl sites for hydroxylation is 1. The molecule has 0 saturated carbocycles. The summed E-state index contributed by atoms with van der Waals surface area (Å²) in [6, 6.07) is 62.8. The molecule has 0 aromatic heterocycles. The zero-order chi connectivity index (χ0) is 36.0. The maximum absolute atomic E-state index is 7.54. The minimum absolute atomic E-state index is 0.617. The van der Waals surface area contributed by atoms with E-state index in [9.17, 15) is 0 Å². The Bertz CT molecular complexity index is 3100. The monoisotopic (exact) mass is 683 g/mol. The number of nitrogens with zero attached hydrogens (tertiary/aromatic N) is 1. The molecule has 1 spiro atoms. The number of hydrogen-bond acceptors (Lipinski definition) is 0. The first kappa shape index (κ1) is 30.6. The Morgan fingerprint density at radius 2 is 0.870 bits per heavy atom. The number of rotatable bonds is 2. The third-order valence-corrected chi connectivity index (χ3v) is 12.0. The molecule has 1 atom stereocenters.